The van der Waals surface area contributed by atoms with Gasteiger partial charge in [0.25, 0.3) is 0 Å². The van der Waals surface area contributed by atoms with Crippen molar-refractivity contribution in [3.8, 4) is 17.0 Å². The molecule has 0 aliphatic carbocycles. The minimum atomic E-state index is 0.716. The molecule has 0 saturated carbocycles. The lowest BCUT2D eigenvalue weighted by Gasteiger charge is -2.10. The summed E-state index contributed by atoms with van der Waals surface area (Å²) in [7, 11) is 1.68. The number of nitrogens with one attached hydrogen (secondary N) is 1. The first-order valence-electron chi connectivity index (χ1n) is 5.24. The molecule has 0 unspecified atom stereocenters. The third-order valence-electron chi connectivity index (χ3n) is 2.86. The van der Waals surface area contributed by atoms with Gasteiger partial charge < -0.3 is 4.74 Å². The van der Waals surface area contributed by atoms with E-state index in [1.54, 1.807) is 7.11 Å². The molecule has 0 aliphatic heterocycles. The number of thiazole rings is 1. The van der Waals surface area contributed by atoms with E-state index in [9.17, 15) is 0 Å². The number of benzene rings is 1. The van der Waals surface area contributed by atoms with Gasteiger partial charge in [0.15, 0.2) is 5.13 Å². The minimum Gasteiger partial charge on any atom is -0.496 e. The zero-order chi connectivity index (χ0) is 12.4. The number of nitrogens with zero attached hydrogens (tertiary/aromatic N) is 1. The quantitative estimate of drug-likeness (QED) is 0.648. The summed E-state index contributed by atoms with van der Waals surface area (Å²) in [6.45, 7) is 4.12. The highest BCUT2D eigenvalue weighted by Gasteiger charge is 2.11. The molecule has 0 aliphatic rings. The van der Waals surface area contributed by atoms with Crippen molar-refractivity contribution < 1.29 is 4.74 Å². The monoisotopic (exact) mass is 249 g/mol. The van der Waals surface area contributed by atoms with Gasteiger partial charge in [-0.15, -0.1) is 11.3 Å². The van der Waals surface area contributed by atoms with Gasteiger partial charge in [-0.2, -0.15) is 0 Å². The summed E-state index contributed by atoms with van der Waals surface area (Å²) in [4.78, 5) is 4.40. The lowest BCUT2D eigenvalue weighted by Crippen LogP contribution is -2.05. The minimum absolute atomic E-state index is 0.716. The fourth-order valence-electron chi connectivity index (χ4n) is 1.76. The summed E-state index contributed by atoms with van der Waals surface area (Å²) in [5.41, 5.74) is 6.92. The molecule has 0 radical (unpaired) electrons. The first-order chi connectivity index (χ1) is 8.17. The van der Waals surface area contributed by atoms with Gasteiger partial charge in [0, 0.05) is 10.9 Å². The number of hydrogen-bond donors (Lipinski definition) is 2. The van der Waals surface area contributed by atoms with E-state index >= 15 is 0 Å². The standard InChI is InChI=1S/C12H15N3OS/c1-7-8(2)11(16-3)5-4-9(7)10-6-17-12(14-10)15-13/h4-6H,13H2,1-3H3,(H,14,15). The average Bonchev–Trinajstić information content (AvgIpc) is 2.81. The third-order valence-corrected chi connectivity index (χ3v) is 3.63. The van der Waals surface area contributed by atoms with Crippen LogP contribution in [0.3, 0.4) is 0 Å². The van der Waals surface area contributed by atoms with E-state index in [1.807, 2.05) is 24.4 Å². The molecule has 2 rings (SSSR count). The van der Waals surface area contributed by atoms with Gasteiger partial charge >= 0.3 is 0 Å². The van der Waals surface area contributed by atoms with E-state index in [0.717, 1.165) is 22.6 Å². The summed E-state index contributed by atoms with van der Waals surface area (Å²) in [6.07, 6.45) is 0. The molecule has 4 nitrogen and oxygen atoms in total. The Hall–Kier alpha value is -1.59. The van der Waals surface area contributed by atoms with E-state index in [1.165, 1.54) is 16.9 Å². The largest absolute Gasteiger partial charge is 0.496 e. The van der Waals surface area contributed by atoms with E-state index in [2.05, 4.69) is 17.3 Å². The Labute approximate surface area is 104 Å². The Balaban J connectivity index is 2.49. The highest BCUT2D eigenvalue weighted by Crippen LogP contribution is 2.32. The molecule has 0 spiro atoms. The number of rotatable bonds is 3. The number of aromatic nitrogens is 1. The molecule has 5 heteroatoms. The fraction of sp³-hybridized carbons (Fsp3) is 0.250. The van der Waals surface area contributed by atoms with Gasteiger partial charge in [-0.3, -0.25) is 5.43 Å². The topological polar surface area (TPSA) is 60.2 Å². The number of nitrogen functional groups attached to an aromatic ring is 1. The van der Waals surface area contributed by atoms with Crippen LogP contribution in [-0.4, -0.2) is 12.1 Å². The van der Waals surface area contributed by atoms with Crippen LogP contribution in [0.4, 0.5) is 5.13 Å². The van der Waals surface area contributed by atoms with Crippen LogP contribution in [0.25, 0.3) is 11.3 Å². The van der Waals surface area contributed by atoms with Crippen molar-refractivity contribution >= 4 is 16.5 Å². The van der Waals surface area contributed by atoms with Crippen LogP contribution in [0.1, 0.15) is 11.1 Å². The summed E-state index contributed by atoms with van der Waals surface area (Å²) in [6, 6.07) is 3.99. The van der Waals surface area contributed by atoms with Crippen LogP contribution in [-0.2, 0) is 0 Å². The van der Waals surface area contributed by atoms with Gasteiger partial charge in [0.05, 0.1) is 12.8 Å². The third kappa shape index (κ3) is 2.11. The molecule has 90 valence electrons. The van der Waals surface area contributed by atoms with E-state index < -0.39 is 0 Å². The molecule has 3 N–H and O–H groups in total. The lowest BCUT2D eigenvalue weighted by molar-refractivity contribution is 0.411. The van der Waals surface area contributed by atoms with Crippen LogP contribution in [0.5, 0.6) is 5.75 Å². The molecular formula is C12H15N3OS. The van der Waals surface area contributed by atoms with Crippen molar-refractivity contribution in [2.45, 2.75) is 13.8 Å². The SMILES string of the molecule is COc1ccc(-c2csc(NN)n2)c(C)c1C. The lowest BCUT2D eigenvalue weighted by atomic mass is 10.0. The normalized spacial score (nSPS) is 10.4. The Morgan fingerprint density at radius 2 is 2.06 bits per heavy atom. The van der Waals surface area contributed by atoms with Gasteiger partial charge in [-0.1, -0.05) is 0 Å². The molecule has 0 amide bonds. The second-order valence-corrected chi connectivity index (χ2v) is 4.61. The zero-order valence-corrected chi connectivity index (χ0v) is 10.9. The summed E-state index contributed by atoms with van der Waals surface area (Å²) < 4.78 is 5.29. The van der Waals surface area contributed by atoms with Gasteiger partial charge in [0.1, 0.15) is 5.75 Å². The van der Waals surface area contributed by atoms with Gasteiger partial charge in [-0.05, 0) is 37.1 Å². The van der Waals surface area contributed by atoms with Crippen molar-refractivity contribution in [3.63, 3.8) is 0 Å². The molecule has 0 bridgehead atoms. The molecule has 0 saturated heterocycles. The van der Waals surface area contributed by atoms with Crippen molar-refractivity contribution in [3.05, 3.63) is 28.6 Å². The van der Waals surface area contributed by atoms with Crippen LogP contribution < -0.4 is 16.0 Å². The number of nitrogens with two attached hydrogens (primary N) is 1. The van der Waals surface area contributed by atoms with Crippen molar-refractivity contribution in [2.24, 2.45) is 5.84 Å². The summed E-state index contributed by atoms with van der Waals surface area (Å²) in [5, 5.41) is 2.71. The fourth-order valence-corrected chi connectivity index (χ4v) is 2.38. The predicted octanol–water partition coefficient (Wildman–Crippen LogP) is 2.72. The molecule has 0 fully saturated rings. The number of hydrazine groups is 1. The van der Waals surface area contributed by atoms with Crippen molar-refractivity contribution in [2.75, 3.05) is 12.5 Å². The van der Waals surface area contributed by atoms with Crippen LogP contribution in [0, 0.1) is 13.8 Å². The van der Waals surface area contributed by atoms with Crippen molar-refractivity contribution in [1.82, 2.24) is 4.98 Å². The maximum Gasteiger partial charge on any atom is 0.197 e. The Kier molecular flexibility index (Phi) is 3.31. The second kappa shape index (κ2) is 4.73. The molecule has 1 aromatic carbocycles. The number of anilines is 1. The average molecular weight is 249 g/mol. The number of methoxy groups -OCH3 is 1. The van der Waals surface area contributed by atoms with Crippen molar-refractivity contribution in [1.29, 1.82) is 0 Å². The molecule has 1 aromatic heterocycles. The molecule has 2 aromatic rings. The first kappa shape index (κ1) is 11.9. The van der Waals surface area contributed by atoms with E-state index in [-0.39, 0.29) is 0 Å². The zero-order valence-electron chi connectivity index (χ0n) is 10.1. The second-order valence-electron chi connectivity index (χ2n) is 3.75. The predicted molar refractivity (Wildman–Crippen MR) is 71.4 cm³/mol. The van der Waals surface area contributed by atoms with E-state index in [4.69, 9.17) is 10.6 Å². The summed E-state index contributed by atoms with van der Waals surface area (Å²) in [5.74, 6) is 6.23. The van der Waals surface area contributed by atoms with E-state index in [0.29, 0.717) is 5.13 Å². The maximum atomic E-state index is 5.33. The molecular weight excluding hydrogens is 234 g/mol. The van der Waals surface area contributed by atoms with Gasteiger partial charge in [0.2, 0.25) is 0 Å². The highest BCUT2D eigenvalue weighted by atomic mass is 32.1. The number of ether oxygens (including phenoxy) is 1. The Morgan fingerprint density at radius 3 is 2.65 bits per heavy atom. The molecule has 1 heterocycles. The molecule has 0 atom stereocenters. The van der Waals surface area contributed by atoms with Crippen LogP contribution in [0.15, 0.2) is 17.5 Å². The highest BCUT2D eigenvalue weighted by molar-refractivity contribution is 7.14. The number of hydrogen-bond acceptors (Lipinski definition) is 5. The maximum absolute atomic E-state index is 5.33. The Morgan fingerprint density at radius 1 is 1.29 bits per heavy atom. The van der Waals surface area contributed by atoms with Crippen LogP contribution in [0.2, 0.25) is 0 Å². The van der Waals surface area contributed by atoms with Crippen LogP contribution >= 0.6 is 11.3 Å². The molecule has 17 heavy (non-hydrogen) atoms. The van der Waals surface area contributed by atoms with Gasteiger partial charge in [-0.25, -0.2) is 10.8 Å². The summed E-state index contributed by atoms with van der Waals surface area (Å²) >= 11 is 1.49. The Bertz CT molecular complexity index is 537. The smallest absolute Gasteiger partial charge is 0.197 e. The first-order valence-corrected chi connectivity index (χ1v) is 6.12.